The van der Waals surface area contributed by atoms with Crippen LogP contribution in [0.4, 0.5) is 5.69 Å². The second-order valence-electron chi connectivity index (χ2n) is 5.08. The number of nitro benzene ring substituents is 1. The molecule has 2 rings (SSSR count). The lowest BCUT2D eigenvalue weighted by Crippen LogP contribution is -2.37. The molecule has 7 heteroatoms. The molecule has 7 nitrogen and oxygen atoms in total. The van der Waals surface area contributed by atoms with Gasteiger partial charge in [-0.15, -0.1) is 0 Å². The fraction of sp³-hybridized carbons (Fsp3) is 0.429. The van der Waals surface area contributed by atoms with Crippen LogP contribution in [0.3, 0.4) is 0 Å². The Labute approximate surface area is 121 Å². The third kappa shape index (κ3) is 4.01. The fourth-order valence-electron chi connectivity index (χ4n) is 2.03. The Morgan fingerprint density at radius 2 is 2.29 bits per heavy atom. The maximum absolute atomic E-state index is 11.7. The molecule has 21 heavy (non-hydrogen) atoms. The van der Waals surface area contributed by atoms with E-state index in [1.807, 2.05) is 6.92 Å². The Balaban J connectivity index is 1.94. The molecule has 1 aromatic carbocycles. The zero-order valence-electron chi connectivity index (χ0n) is 11.6. The van der Waals surface area contributed by atoms with Gasteiger partial charge in [0.15, 0.2) is 12.9 Å². The van der Waals surface area contributed by atoms with Crippen LogP contribution in [0.1, 0.15) is 30.1 Å². The number of nitrogens with zero attached hydrogens (tertiary/aromatic N) is 1. The summed E-state index contributed by atoms with van der Waals surface area (Å²) in [4.78, 5) is 32.6. The summed E-state index contributed by atoms with van der Waals surface area (Å²) in [7, 11) is 0. The minimum atomic E-state index is -0.596. The van der Waals surface area contributed by atoms with Gasteiger partial charge in [0.05, 0.1) is 10.5 Å². The number of hydrogen-bond acceptors (Lipinski definition) is 5. The second kappa shape index (κ2) is 6.34. The fourth-order valence-corrected chi connectivity index (χ4v) is 2.03. The molecule has 0 radical (unpaired) electrons. The number of nitrogens with one attached hydrogen (secondary N) is 1. The summed E-state index contributed by atoms with van der Waals surface area (Å²) in [5.41, 5.74) is -0.150. The van der Waals surface area contributed by atoms with Crippen molar-refractivity contribution in [3.63, 3.8) is 0 Å². The summed E-state index contributed by atoms with van der Waals surface area (Å²) in [5, 5.41) is 13.4. The molecule has 1 saturated carbocycles. The van der Waals surface area contributed by atoms with E-state index in [1.165, 1.54) is 12.1 Å². The Bertz CT molecular complexity index is 568. The number of hydrogen-bond donors (Lipinski definition) is 1. The maximum Gasteiger partial charge on any atom is 0.270 e. The van der Waals surface area contributed by atoms with Crippen molar-refractivity contribution in [3.05, 3.63) is 33.9 Å². The van der Waals surface area contributed by atoms with E-state index in [-0.39, 0.29) is 35.6 Å². The highest BCUT2D eigenvalue weighted by Gasteiger charge is 2.28. The van der Waals surface area contributed by atoms with E-state index in [4.69, 9.17) is 4.74 Å². The van der Waals surface area contributed by atoms with Crippen LogP contribution in [0.25, 0.3) is 0 Å². The standard InChI is InChI=1S/C14H16N2O5/c1-9(10-2-3-10)15-14(18)8-21-13-5-4-12(16(19)20)6-11(13)7-17/h4-7,9-10H,2-3,8H2,1H3,(H,15,18). The van der Waals surface area contributed by atoms with Crippen LogP contribution >= 0.6 is 0 Å². The molecule has 0 heterocycles. The predicted molar refractivity (Wildman–Crippen MR) is 74.3 cm³/mol. The minimum Gasteiger partial charge on any atom is -0.483 e. The van der Waals surface area contributed by atoms with E-state index in [9.17, 15) is 19.7 Å². The Hall–Kier alpha value is -2.44. The van der Waals surface area contributed by atoms with Gasteiger partial charge < -0.3 is 10.1 Å². The van der Waals surface area contributed by atoms with Gasteiger partial charge in [0, 0.05) is 18.2 Å². The molecule has 0 bridgehead atoms. The van der Waals surface area contributed by atoms with Crippen molar-refractivity contribution in [2.45, 2.75) is 25.8 Å². The average Bonchev–Trinajstić information content (AvgIpc) is 3.29. The van der Waals surface area contributed by atoms with Gasteiger partial charge in [-0.05, 0) is 31.7 Å². The molecule has 0 aliphatic heterocycles. The highest BCUT2D eigenvalue weighted by Crippen LogP contribution is 2.32. The quantitative estimate of drug-likeness (QED) is 0.468. The van der Waals surface area contributed by atoms with E-state index < -0.39 is 4.92 Å². The normalized spacial score (nSPS) is 15.1. The zero-order chi connectivity index (χ0) is 15.4. The number of non-ortho nitro benzene ring substituents is 1. The van der Waals surface area contributed by atoms with Gasteiger partial charge in [-0.3, -0.25) is 19.7 Å². The van der Waals surface area contributed by atoms with Crippen LogP contribution in [0.2, 0.25) is 0 Å². The summed E-state index contributed by atoms with van der Waals surface area (Å²) >= 11 is 0. The molecular formula is C14H16N2O5. The van der Waals surface area contributed by atoms with Gasteiger partial charge in [0.25, 0.3) is 11.6 Å². The average molecular weight is 292 g/mol. The van der Waals surface area contributed by atoms with Crippen molar-refractivity contribution in [1.82, 2.24) is 5.32 Å². The van der Waals surface area contributed by atoms with E-state index in [1.54, 1.807) is 0 Å². The summed E-state index contributed by atoms with van der Waals surface area (Å²) in [6, 6.07) is 3.78. The highest BCUT2D eigenvalue weighted by molar-refractivity contribution is 5.82. The molecule has 1 N–H and O–H groups in total. The largest absolute Gasteiger partial charge is 0.483 e. The number of ether oxygens (including phenoxy) is 1. The number of benzene rings is 1. The van der Waals surface area contributed by atoms with Crippen LogP contribution in [-0.2, 0) is 4.79 Å². The van der Waals surface area contributed by atoms with Crippen LogP contribution in [-0.4, -0.2) is 29.8 Å². The molecule has 1 atom stereocenters. The van der Waals surface area contributed by atoms with Crippen molar-refractivity contribution < 1.29 is 19.2 Å². The molecule has 1 aliphatic carbocycles. The van der Waals surface area contributed by atoms with Gasteiger partial charge in [-0.1, -0.05) is 0 Å². The number of nitro groups is 1. The summed E-state index contributed by atoms with van der Waals surface area (Å²) in [6.07, 6.45) is 2.72. The van der Waals surface area contributed by atoms with Crippen molar-refractivity contribution >= 4 is 17.9 Å². The summed E-state index contributed by atoms with van der Waals surface area (Å²) < 4.78 is 5.26. The molecule has 1 aromatic rings. The number of rotatable bonds is 7. The van der Waals surface area contributed by atoms with Crippen LogP contribution in [0.15, 0.2) is 18.2 Å². The van der Waals surface area contributed by atoms with Crippen molar-refractivity contribution in [2.24, 2.45) is 5.92 Å². The van der Waals surface area contributed by atoms with Gasteiger partial charge in [0.2, 0.25) is 0 Å². The van der Waals surface area contributed by atoms with Gasteiger partial charge >= 0.3 is 0 Å². The Morgan fingerprint density at radius 1 is 1.57 bits per heavy atom. The third-order valence-corrected chi connectivity index (χ3v) is 3.41. The van der Waals surface area contributed by atoms with E-state index in [2.05, 4.69) is 5.32 Å². The first-order valence-electron chi connectivity index (χ1n) is 6.67. The molecule has 112 valence electrons. The summed E-state index contributed by atoms with van der Waals surface area (Å²) in [6.45, 7) is 1.72. The number of carbonyl (C=O) groups is 2. The molecule has 1 amide bonds. The second-order valence-corrected chi connectivity index (χ2v) is 5.08. The van der Waals surface area contributed by atoms with E-state index in [0.717, 1.165) is 18.9 Å². The SMILES string of the molecule is CC(NC(=O)COc1ccc([N+](=O)[O-])cc1C=O)C1CC1. The van der Waals surface area contributed by atoms with Crippen LogP contribution < -0.4 is 10.1 Å². The number of amides is 1. The van der Waals surface area contributed by atoms with Gasteiger partial charge in [-0.2, -0.15) is 0 Å². The maximum atomic E-state index is 11.7. The van der Waals surface area contributed by atoms with Crippen LogP contribution in [0.5, 0.6) is 5.75 Å². The van der Waals surface area contributed by atoms with Crippen molar-refractivity contribution in [3.8, 4) is 5.75 Å². The number of aldehydes is 1. The molecule has 1 aliphatic rings. The van der Waals surface area contributed by atoms with Crippen molar-refractivity contribution in [1.29, 1.82) is 0 Å². The predicted octanol–water partition coefficient (Wildman–Crippen LogP) is 1.70. The molecule has 0 saturated heterocycles. The lowest BCUT2D eigenvalue weighted by Gasteiger charge is -2.13. The van der Waals surface area contributed by atoms with Gasteiger partial charge in [0.1, 0.15) is 5.75 Å². The molecular weight excluding hydrogens is 276 g/mol. The minimum absolute atomic E-state index is 0.0484. The first-order valence-corrected chi connectivity index (χ1v) is 6.67. The van der Waals surface area contributed by atoms with E-state index >= 15 is 0 Å². The molecule has 1 unspecified atom stereocenters. The molecule has 0 spiro atoms. The Morgan fingerprint density at radius 3 is 2.86 bits per heavy atom. The Kier molecular flexibility index (Phi) is 4.52. The lowest BCUT2D eigenvalue weighted by atomic mass is 10.2. The smallest absolute Gasteiger partial charge is 0.270 e. The topological polar surface area (TPSA) is 98.5 Å². The van der Waals surface area contributed by atoms with Gasteiger partial charge in [-0.25, -0.2) is 0 Å². The lowest BCUT2D eigenvalue weighted by molar-refractivity contribution is -0.384. The molecule has 0 aromatic heterocycles. The third-order valence-electron chi connectivity index (χ3n) is 3.41. The number of carbonyl (C=O) groups excluding carboxylic acids is 2. The highest BCUT2D eigenvalue weighted by atomic mass is 16.6. The first-order chi connectivity index (χ1) is 10.0. The van der Waals surface area contributed by atoms with Crippen LogP contribution in [0, 0.1) is 16.0 Å². The summed E-state index contributed by atoms with van der Waals surface area (Å²) in [5.74, 6) is 0.424. The molecule has 1 fully saturated rings. The monoisotopic (exact) mass is 292 g/mol. The first kappa shape index (κ1) is 15.0. The zero-order valence-corrected chi connectivity index (χ0v) is 11.6. The van der Waals surface area contributed by atoms with E-state index in [0.29, 0.717) is 12.2 Å². The van der Waals surface area contributed by atoms with Crippen molar-refractivity contribution in [2.75, 3.05) is 6.61 Å².